The highest BCUT2D eigenvalue weighted by molar-refractivity contribution is 7.99. The van der Waals surface area contributed by atoms with Crippen molar-refractivity contribution in [2.24, 2.45) is 0 Å². The molecule has 0 fully saturated rings. The number of nitrogen functional groups attached to an aromatic ring is 1. The van der Waals surface area contributed by atoms with Crippen LogP contribution >= 0.6 is 11.8 Å². The molecule has 0 unspecified atom stereocenters. The number of hydrogen-bond acceptors (Lipinski definition) is 4. The van der Waals surface area contributed by atoms with Gasteiger partial charge in [0.1, 0.15) is 0 Å². The maximum atomic E-state index is 12.0. The van der Waals surface area contributed by atoms with Crippen LogP contribution in [0.15, 0.2) is 23.1 Å². The number of nitrogens with one attached hydrogen (secondary N) is 1. The van der Waals surface area contributed by atoms with Crippen molar-refractivity contribution in [1.29, 1.82) is 0 Å². The van der Waals surface area contributed by atoms with Crippen LogP contribution < -0.4 is 10.5 Å². The van der Waals surface area contributed by atoms with Crippen molar-refractivity contribution in [3.05, 3.63) is 23.8 Å². The first-order chi connectivity index (χ1) is 8.47. The third-order valence-electron chi connectivity index (χ3n) is 2.23. The topological polar surface area (TPSA) is 72.2 Å². The van der Waals surface area contributed by atoms with Crippen LogP contribution in [-0.4, -0.2) is 26.5 Å². The Morgan fingerprint density at radius 2 is 2.22 bits per heavy atom. The quantitative estimate of drug-likeness (QED) is 0.468. The van der Waals surface area contributed by atoms with Gasteiger partial charge in [-0.15, -0.1) is 18.2 Å². The molecule has 0 spiro atoms. The Labute approximate surface area is 112 Å². The summed E-state index contributed by atoms with van der Waals surface area (Å²) in [6, 6.07) is 4.83. The smallest absolute Gasteiger partial charge is 0.240 e. The number of thioether (sulfide) groups is 1. The first-order valence-corrected chi connectivity index (χ1v) is 7.98. The number of rotatable bonds is 6. The molecule has 1 aromatic carbocycles. The van der Waals surface area contributed by atoms with Crippen LogP contribution in [0.2, 0.25) is 0 Å². The van der Waals surface area contributed by atoms with E-state index in [-0.39, 0.29) is 4.90 Å². The lowest BCUT2D eigenvalue weighted by atomic mass is 10.2. The maximum absolute atomic E-state index is 12.0. The van der Waals surface area contributed by atoms with Crippen LogP contribution in [0.5, 0.6) is 0 Å². The highest BCUT2D eigenvalue weighted by Gasteiger charge is 2.16. The molecule has 0 aromatic heterocycles. The number of nitrogens with two attached hydrogens (primary N) is 1. The van der Waals surface area contributed by atoms with Crippen LogP contribution in [0.1, 0.15) is 5.56 Å². The molecule has 1 aromatic rings. The molecule has 4 nitrogen and oxygen atoms in total. The average Bonchev–Trinajstić information content (AvgIpc) is 2.32. The average molecular weight is 284 g/mol. The summed E-state index contributed by atoms with van der Waals surface area (Å²) >= 11 is 1.51. The lowest BCUT2D eigenvalue weighted by molar-refractivity contribution is 0.583. The van der Waals surface area contributed by atoms with E-state index in [2.05, 4.69) is 10.6 Å². The molecule has 0 aliphatic rings. The van der Waals surface area contributed by atoms with E-state index in [0.29, 0.717) is 29.3 Å². The first-order valence-electron chi connectivity index (χ1n) is 5.34. The Morgan fingerprint density at radius 3 is 2.89 bits per heavy atom. The maximum Gasteiger partial charge on any atom is 0.240 e. The Hall–Kier alpha value is -1.16. The zero-order valence-electron chi connectivity index (χ0n) is 10.1. The number of hydrogen-bond donors (Lipinski definition) is 2. The summed E-state index contributed by atoms with van der Waals surface area (Å²) in [5.74, 6) is 3.71. The summed E-state index contributed by atoms with van der Waals surface area (Å²) < 4.78 is 26.6. The molecule has 0 saturated heterocycles. The summed E-state index contributed by atoms with van der Waals surface area (Å²) in [5.41, 5.74) is 6.71. The number of benzene rings is 1. The third kappa shape index (κ3) is 4.26. The predicted octanol–water partition coefficient (Wildman–Crippen LogP) is 1.22. The van der Waals surface area contributed by atoms with Crippen molar-refractivity contribution < 1.29 is 8.42 Å². The number of sulfonamides is 1. The van der Waals surface area contributed by atoms with Gasteiger partial charge in [0.05, 0.1) is 10.6 Å². The zero-order chi connectivity index (χ0) is 13.6. The van der Waals surface area contributed by atoms with E-state index < -0.39 is 10.0 Å². The van der Waals surface area contributed by atoms with Crippen molar-refractivity contribution in [3.8, 4) is 12.3 Å². The highest BCUT2D eigenvalue weighted by atomic mass is 32.2. The van der Waals surface area contributed by atoms with Gasteiger partial charge in [-0.25, -0.2) is 13.1 Å². The summed E-state index contributed by atoms with van der Waals surface area (Å²) in [5, 5.41) is 0. The lowest BCUT2D eigenvalue weighted by Crippen LogP contribution is -2.26. The molecule has 0 saturated carbocycles. The van der Waals surface area contributed by atoms with Gasteiger partial charge in [-0.1, -0.05) is 12.0 Å². The molecule has 0 atom stereocenters. The molecule has 0 bridgehead atoms. The lowest BCUT2D eigenvalue weighted by Gasteiger charge is -2.09. The largest absolute Gasteiger partial charge is 0.399 e. The predicted molar refractivity (Wildman–Crippen MR) is 76.9 cm³/mol. The molecule has 0 heterocycles. The second kappa shape index (κ2) is 6.69. The van der Waals surface area contributed by atoms with E-state index in [0.717, 1.165) is 0 Å². The number of aryl methyl sites for hydroxylation is 1. The standard InChI is InChI=1S/C12H16N2O2S2/c1-3-7-17-8-6-14-18(15,16)12-9-11(13)5-4-10(12)2/h1,4-5,9,14H,6-8,13H2,2H3. The minimum atomic E-state index is -3.50. The van der Waals surface area contributed by atoms with Crippen LogP contribution in [0, 0.1) is 19.3 Å². The molecule has 0 aliphatic carbocycles. The molecule has 0 aliphatic heterocycles. The normalized spacial score (nSPS) is 11.1. The fraction of sp³-hybridized carbons (Fsp3) is 0.333. The van der Waals surface area contributed by atoms with E-state index in [1.807, 2.05) is 0 Å². The van der Waals surface area contributed by atoms with Gasteiger partial charge >= 0.3 is 0 Å². The Morgan fingerprint density at radius 1 is 1.50 bits per heavy atom. The SMILES string of the molecule is C#CCSCCNS(=O)(=O)c1cc(N)ccc1C. The van der Waals surface area contributed by atoms with Crippen molar-refractivity contribution in [2.75, 3.05) is 23.8 Å². The molecule has 0 radical (unpaired) electrons. The Balaban J connectivity index is 2.69. The minimum absolute atomic E-state index is 0.226. The summed E-state index contributed by atoms with van der Waals surface area (Å²) in [6.07, 6.45) is 5.10. The molecule has 18 heavy (non-hydrogen) atoms. The summed E-state index contributed by atoms with van der Waals surface area (Å²) in [4.78, 5) is 0.226. The van der Waals surface area contributed by atoms with Gasteiger partial charge < -0.3 is 5.73 Å². The second-order valence-electron chi connectivity index (χ2n) is 3.68. The van der Waals surface area contributed by atoms with E-state index in [1.165, 1.54) is 17.8 Å². The zero-order valence-corrected chi connectivity index (χ0v) is 11.8. The molecule has 6 heteroatoms. The monoisotopic (exact) mass is 284 g/mol. The molecule has 3 N–H and O–H groups in total. The van der Waals surface area contributed by atoms with Crippen LogP contribution in [-0.2, 0) is 10.0 Å². The van der Waals surface area contributed by atoms with Crippen LogP contribution in [0.4, 0.5) is 5.69 Å². The Bertz CT molecular complexity index is 548. The van der Waals surface area contributed by atoms with Gasteiger partial charge in [-0.3, -0.25) is 0 Å². The van der Waals surface area contributed by atoms with Gasteiger partial charge in [0.2, 0.25) is 10.0 Å². The number of anilines is 1. The molecule has 0 amide bonds. The highest BCUT2D eigenvalue weighted by Crippen LogP contribution is 2.17. The van der Waals surface area contributed by atoms with Gasteiger partial charge in [-0.2, -0.15) is 0 Å². The summed E-state index contributed by atoms with van der Waals surface area (Å²) in [6.45, 7) is 2.09. The van der Waals surface area contributed by atoms with Gasteiger partial charge in [0.25, 0.3) is 0 Å². The fourth-order valence-electron chi connectivity index (χ4n) is 1.36. The number of terminal acetylenes is 1. The molecular formula is C12H16N2O2S2. The fourth-order valence-corrected chi connectivity index (χ4v) is 3.31. The molecule has 1 rings (SSSR count). The van der Waals surface area contributed by atoms with Crippen LogP contribution in [0.25, 0.3) is 0 Å². The van der Waals surface area contributed by atoms with E-state index in [1.54, 1.807) is 19.1 Å². The van der Waals surface area contributed by atoms with Gasteiger partial charge in [-0.05, 0) is 24.6 Å². The van der Waals surface area contributed by atoms with E-state index in [4.69, 9.17) is 12.2 Å². The third-order valence-corrected chi connectivity index (χ3v) is 4.69. The van der Waals surface area contributed by atoms with Gasteiger partial charge in [0.15, 0.2) is 0 Å². The second-order valence-corrected chi connectivity index (χ2v) is 6.52. The van der Waals surface area contributed by atoms with Crippen molar-refractivity contribution in [2.45, 2.75) is 11.8 Å². The molecule has 98 valence electrons. The van der Waals surface area contributed by atoms with Gasteiger partial charge in [0, 0.05) is 18.0 Å². The van der Waals surface area contributed by atoms with Crippen molar-refractivity contribution >= 4 is 27.5 Å². The first kappa shape index (κ1) is 14.9. The van der Waals surface area contributed by atoms with Crippen LogP contribution in [0.3, 0.4) is 0 Å². The van der Waals surface area contributed by atoms with Crippen molar-refractivity contribution in [3.63, 3.8) is 0 Å². The van der Waals surface area contributed by atoms with E-state index >= 15 is 0 Å². The minimum Gasteiger partial charge on any atom is -0.399 e. The van der Waals surface area contributed by atoms with E-state index in [9.17, 15) is 8.42 Å². The summed E-state index contributed by atoms with van der Waals surface area (Å²) in [7, 11) is -3.50. The Kier molecular flexibility index (Phi) is 5.54. The molecular weight excluding hydrogens is 268 g/mol. The van der Waals surface area contributed by atoms with Crippen molar-refractivity contribution in [1.82, 2.24) is 4.72 Å².